The van der Waals surface area contributed by atoms with E-state index in [4.69, 9.17) is 14.9 Å². The number of hydrogen-bond acceptors (Lipinski definition) is 4. The number of nitrogens with zero attached hydrogens (tertiary/aromatic N) is 1. The first-order valence-corrected chi connectivity index (χ1v) is 1.15. The predicted octanol–water partition coefficient (Wildman–Crippen LogP) is -3.72. The van der Waals surface area contributed by atoms with Crippen molar-refractivity contribution in [1.29, 1.82) is 0 Å². The molecular weight excluding hydrogens is 125 g/mol. The van der Waals surface area contributed by atoms with Gasteiger partial charge in [0.15, 0.2) is 0 Å². The minimum Gasteiger partial charge on any atom is -0.444 e. The molecule has 0 heterocycles. The molecule has 0 aliphatic rings. The fourth-order valence-corrected chi connectivity index (χ4v) is 0. The van der Waals surface area contributed by atoms with Gasteiger partial charge in [0.25, 0.3) is 0 Å². The normalized spacial score (nSPS) is 4.50. The minimum atomic E-state index is -0.833. The van der Waals surface area contributed by atoms with E-state index in [2.05, 4.69) is 11.5 Å². The summed E-state index contributed by atoms with van der Waals surface area (Å²) in [5.74, 6) is 0. The van der Waals surface area contributed by atoms with Gasteiger partial charge >= 0.3 is 35.6 Å². The first-order valence-electron chi connectivity index (χ1n) is 1.15. The second kappa shape index (κ2) is 15.9. The van der Waals surface area contributed by atoms with Crippen LogP contribution in [0.1, 0.15) is 0 Å². The van der Waals surface area contributed by atoms with Crippen LogP contribution in [0.25, 0.3) is 0 Å². The molecule has 0 atom stereocenters. The van der Waals surface area contributed by atoms with E-state index >= 15 is 0 Å². The maximum absolute atomic E-state index is 9.00. The Balaban J connectivity index is -0.0000000575. The summed E-state index contributed by atoms with van der Waals surface area (Å²) in [6.07, 6.45) is 0. The number of primary amides is 2. The summed E-state index contributed by atoms with van der Waals surface area (Å²) < 4.78 is 0. The van der Waals surface area contributed by atoms with E-state index < -0.39 is 6.03 Å². The van der Waals surface area contributed by atoms with Gasteiger partial charge in [-0.25, -0.2) is 4.79 Å². The first kappa shape index (κ1) is 15.6. The third kappa shape index (κ3) is 1140. The van der Waals surface area contributed by atoms with E-state index in [0.29, 0.717) is 0 Å². The zero-order chi connectivity index (χ0) is 6.28. The summed E-state index contributed by atoms with van der Waals surface area (Å²) in [5, 5.41) is 9.00. The standard InChI is InChI=1S/CH4N2O.HNO2.Na/c2-1(3)4;2-1-3;/h(H4,2,3,4);(H,2,3);/q;;+1/p-1. The topological polar surface area (TPSA) is 122 Å². The molecule has 0 aromatic carbocycles. The molecule has 0 unspecified atom stereocenters. The van der Waals surface area contributed by atoms with Crippen molar-refractivity contribution < 1.29 is 34.4 Å². The molecule has 0 fully saturated rings. The van der Waals surface area contributed by atoms with Crippen molar-refractivity contribution in [2.24, 2.45) is 16.8 Å². The number of rotatable bonds is 0. The van der Waals surface area contributed by atoms with Gasteiger partial charge in [0.2, 0.25) is 0 Å². The van der Waals surface area contributed by atoms with Gasteiger partial charge < -0.3 is 21.6 Å². The van der Waals surface area contributed by atoms with Crippen LogP contribution in [-0.2, 0) is 0 Å². The number of carbonyl (C=O) groups excluding carboxylic acids is 1. The van der Waals surface area contributed by atoms with Gasteiger partial charge in [-0.05, 0) is 0 Å². The van der Waals surface area contributed by atoms with Crippen molar-refractivity contribution in [2.75, 3.05) is 0 Å². The maximum Gasteiger partial charge on any atom is 1.00 e. The molecule has 0 saturated carbocycles. The quantitative estimate of drug-likeness (QED) is 0.198. The molecule has 6 nitrogen and oxygen atoms in total. The molecule has 0 saturated heterocycles. The Morgan fingerprint density at radius 3 is 1.50 bits per heavy atom. The molecule has 2 amide bonds. The monoisotopic (exact) mass is 129 g/mol. The van der Waals surface area contributed by atoms with Gasteiger partial charge in [-0.2, -0.15) is 0 Å². The molecule has 0 aliphatic carbocycles. The number of carbonyl (C=O) groups is 1. The number of nitrogens with two attached hydrogens (primary N) is 2. The van der Waals surface area contributed by atoms with Gasteiger partial charge in [-0.1, -0.05) is 0 Å². The summed E-state index contributed by atoms with van der Waals surface area (Å²) in [6.45, 7) is 0. The van der Waals surface area contributed by atoms with Crippen LogP contribution in [0.3, 0.4) is 0 Å². The molecule has 0 radical (unpaired) electrons. The third-order valence-corrected chi connectivity index (χ3v) is 0. The Kier molecular flexibility index (Phi) is 31.1. The Labute approximate surface area is 67.4 Å². The molecule has 0 aromatic heterocycles. The maximum atomic E-state index is 9.00. The Morgan fingerprint density at radius 1 is 1.50 bits per heavy atom. The molecule has 4 N–H and O–H groups in total. The van der Waals surface area contributed by atoms with Crippen LogP contribution in [0.15, 0.2) is 5.34 Å². The van der Waals surface area contributed by atoms with Crippen molar-refractivity contribution in [3.05, 3.63) is 10.1 Å². The summed E-state index contributed by atoms with van der Waals surface area (Å²) in [7, 11) is 0. The minimum absolute atomic E-state index is 0. The number of hydrogen-bond donors (Lipinski definition) is 2. The van der Waals surface area contributed by atoms with Gasteiger partial charge in [-0.3, -0.25) is 0 Å². The van der Waals surface area contributed by atoms with Crippen LogP contribution in [-0.4, -0.2) is 6.03 Å². The van der Waals surface area contributed by atoms with E-state index in [1.807, 2.05) is 0 Å². The van der Waals surface area contributed by atoms with E-state index in [1.54, 1.807) is 0 Å². The zero-order valence-electron chi connectivity index (χ0n) is 4.33. The van der Waals surface area contributed by atoms with Crippen LogP contribution >= 0.6 is 0 Å². The number of amides is 2. The smallest absolute Gasteiger partial charge is 0.444 e. The van der Waals surface area contributed by atoms with Crippen LogP contribution < -0.4 is 41.0 Å². The average Bonchev–Trinajstić information content (AvgIpc) is 1.33. The fourth-order valence-electron chi connectivity index (χ4n) is 0. The van der Waals surface area contributed by atoms with Crippen LogP contribution in [0.2, 0.25) is 0 Å². The largest absolute Gasteiger partial charge is 1.00 e. The van der Waals surface area contributed by atoms with Crippen LogP contribution in [0.4, 0.5) is 4.79 Å². The average molecular weight is 129 g/mol. The molecule has 7 heteroatoms. The second-order valence-corrected chi connectivity index (χ2v) is 0.477. The third-order valence-electron chi connectivity index (χ3n) is 0. The van der Waals surface area contributed by atoms with E-state index in [-0.39, 0.29) is 29.6 Å². The second-order valence-electron chi connectivity index (χ2n) is 0.477. The van der Waals surface area contributed by atoms with E-state index in [1.165, 1.54) is 0 Å². The molecule has 0 rings (SSSR count). The zero-order valence-corrected chi connectivity index (χ0v) is 6.33. The van der Waals surface area contributed by atoms with Crippen LogP contribution in [0.5, 0.6) is 0 Å². The molecule has 8 heavy (non-hydrogen) atoms. The number of urea groups is 1. The van der Waals surface area contributed by atoms with Crippen molar-refractivity contribution in [3.63, 3.8) is 0 Å². The Hall–Kier alpha value is -0.330. The van der Waals surface area contributed by atoms with Crippen molar-refractivity contribution >= 4 is 6.03 Å². The molecule has 0 bridgehead atoms. The molecule has 0 aliphatic heterocycles. The predicted molar refractivity (Wildman–Crippen MR) is 22.9 cm³/mol. The molecule has 0 aromatic rings. The van der Waals surface area contributed by atoms with Crippen molar-refractivity contribution in [1.82, 2.24) is 0 Å². The Morgan fingerprint density at radius 2 is 1.50 bits per heavy atom. The van der Waals surface area contributed by atoms with E-state index in [9.17, 15) is 0 Å². The van der Waals surface area contributed by atoms with Crippen molar-refractivity contribution in [2.45, 2.75) is 0 Å². The molecular formula is CH4N3NaO3. The molecule has 0 spiro atoms. The summed E-state index contributed by atoms with van der Waals surface area (Å²) >= 11 is 0. The Bertz CT molecular complexity index is 61.5. The van der Waals surface area contributed by atoms with Gasteiger partial charge in [-0.15, -0.1) is 5.34 Å². The summed E-state index contributed by atoms with van der Waals surface area (Å²) in [6, 6.07) is -0.833. The van der Waals surface area contributed by atoms with E-state index in [0.717, 1.165) is 5.34 Å². The van der Waals surface area contributed by atoms with Crippen molar-refractivity contribution in [3.8, 4) is 0 Å². The van der Waals surface area contributed by atoms with Gasteiger partial charge in [0.1, 0.15) is 0 Å². The first-order chi connectivity index (χ1) is 3.15. The fraction of sp³-hybridized carbons (Fsp3) is 0. The van der Waals surface area contributed by atoms with Crippen LogP contribution in [0, 0.1) is 10.1 Å². The van der Waals surface area contributed by atoms with Gasteiger partial charge in [0.05, 0.1) is 0 Å². The SMILES string of the molecule is NC(N)=O.O=N[O-].[Na+]. The molecule has 42 valence electrons. The van der Waals surface area contributed by atoms with Gasteiger partial charge in [0, 0.05) is 0 Å². The summed E-state index contributed by atoms with van der Waals surface area (Å²) in [4.78, 5) is 17.0. The summed E-state index contributed by atoms with van der Waals surface area (Å²) in [5.41, 5.74) is 8.50.